The van der Waals surface area contributed by atoms with Crippen molar-refractivity contribution in [1.29, 1.82) is 0 Å². The van der Waals surface area contributed by atoms with E-state index in [1.807, 2.05) is 53.2 Å². The summed E-state index contributed by atoms with van der Waals surface area (Å²) in [6, 6.07) is 14.4. The number of urea groups is 1. The molecule has 0 spiro atoms. The normalized spacial score (nSPS) is 10.7. The van der Waals surface area contributed by atoms with Gasteiger partial charge in [0.05, 0.1) is 13.1 Å². The molecule has 9 nitrogen and oxygen atoms in total. The van der Waals surface area contributed by atoms with Crippen LogP contribution in [0.1, 0.15) is 5.82 Å². The molecule has 2 amide bonds. The van der Waals surface area contributed by atoms with Gasteiger partial charge >= 0.3 is 6.03 Å². The number of hydrogen-bond acceptors (Lipinski definition) is 5. The molecule has 0 saturated carbocycles. The van der Waals surface area contributed by atoms with Crippen LogP contribution in [0.4, 0.5) is 10.5 Å². The Morgan fingerprint density at radius 3 is 2.93 bits per heavy atom. The van der Waals surface area contributed by atoms with Gasteiger partial charge in [0.1, 0.15) is 12.4 Å². The van der Waals surface area contributed by atoms with Crippen molar-refractivity contribution in [2.24, 2.45) is 0 Å². The molecule has 9 heteroatoms. The molecule has 0 radical (unpaired) electrons. The van der Waals surface area contributed by atoms with Crippen LogP contribution < -0.4 is 15.4 Å². The molecular weight excluding hydrogens is 358 g/mol. The zero-order valence-electron chi connectivity index (χ0n) is 15.0. The minimum Gasteiger partial charge on any atom is -0.492 e. The van der Waals surface area contributed by atoms with Crippen LogP contribution in [0.2, 0.25) is 0 Å². The number of carbonyl (C=O) groups excluding carboxylic acids is 1. The highest BCUT2D eigenvalue weighted by molar-refractivity contribution is 5.89. The van der Waals surface area contributed by atoms with Gasteiger partial charge in [-0.3, -0.25) is 9.08 Å². The third-order valence-corrected chi connectivity index (χ3v) is 4.03. The first-order chi connectivity index (χ1) is 13.8. The van der Waals surface area contributed by atoms with Gasteiger partial charge in [-0.2, -0.15) is 5.10 Å². The fourth-order valence-corrected chi connectivity index (χ4v) is 2.70. The van der Waals surface area contributed by atoms with Crippen LogP contribution >= 0.6 is 0 Å². The molecule has 2 N–H and O–H groups in total. The summed E-state index contributed by atoms with van der Waals surface area (Å²) in [5.74, 6) is 1.33. The van der Waals surface area contributed by atoms with Crippen molar-refractivity contribution >= 4 is 17.4 Å². The molecular formula is C19H19N7O2. The Morgan fingerprint density at radius 1 is 1.07 bits per heavy atom. The first-order valence-electron chi connectivity index (χ1n) is 8.82. The quantitative estimate of drug-likeness (QED) is 0.515. The van der Waals surface area contributed by atoms with E-state index in [0.717, 1.165) is 5.65 Å². The molecule has 4 aromatic rings. The molecule has 0 aliphatic rings. The number of carbonyl (C=O) groups is 1. The van der Waals surface area contributed by atoms with E-state index in [1.165, 1.54) is 0 Å². The zero-order valence-corrected chi connectivity index (χ0v) is 15.0. The number of benzene rings is 1. The first-order valence-corrected chi connectivity index (χ1v) is 8.82. The molecule has 0 atom stereocenters. The number of aromatic nitrogens is 5. The lowest BCUT2D eigenvalue weighted by Crippen LogP contribution is -2.29. The second-order valence-corrected chi connectivity index (χ2v) is 6.00. The van der Waals surface area contributed by atoms with Crippen LogP contribution in [0.5, 0.6) is 5.75 Å². The molecule has 3 aromatic heterocycles. The Balaban J connectivity index is 1.29. The van der Waals surface area contributed by atoms with E-state index in [2.05, 4.69) is 25.9 Å². The van der Waals surface area contributed by atoms with Gasteiger partial charge in [-0.25, -0.2) is 4.79 Å². The second-order valence-electron chi connectivity index (χ2n) is 6.00. The van der Waals surface area contributed by atoms with E-state index in [0.29, 0.717) is 30.4 Å². The Kier molecular flexibility index (Phi) is 5.14. The number of hydrogen-bond donors (Lipinski definition) is 2. The Bertz CT molecular complexity index is 1060. The van der Waals surface area contributed by atoms with E-state index in [-0.39, 0.29) is 12.6 Å². The number of fused-ring (bicyclic) bond motifs is 1. The van der Waals surface area contributed by atoms with Crippen LogP contribution in [0.15, 0.2) is 67.1 Å². The van der Waals surface area contributed by atoms with E-state index >= 15 is 0 Å². The molecule has 0 unspecified atom stereocenters. The number of nitrogens with one attached hydrogen (secondary N) is 2. The third kappa shape index (κ3) is 4.26. The second kappa shape index (κ2) is 8.21. The van der Waals surface area contributed by atoms with Gasteiger partial charge in [0.2, 0.25) is 0 Å². The Labute approximate surface area is 161 Å². The number of ether oxygens (including phenoxy) is 1. The summed E-state index contributed by atoms with van der Waals surface area (Å²) < 4.78 is 9.34. The number of anilines is 1. The van der Waals surface area contributed by atoms with Crippen LogP contribution in [0.3, 0.4) is 0 Å². The van der Waals surface area contributed by atoms with Crippen LogP contribution in [0, 0.1) is 0 Å². The first kappa shape index (κ1) is 17.5. The lowest BCUT2D eigenvalue weighted by Gasteiger charge is -2.10. The minimum atomic E-state index is -0.332. The molecule has 3 heterocycles. The van der Waals surface area contributed by atoms with Crippen LogP contribution in [0.25, 0.3) is 5.65 Å². The van der Waals surface area contributed by atoms with Gasteiger partial charge in [-0.1, -0.05) is 12.1 Å². The van der Waals surface area contributed by atoms with Gasteiger partial charge in [-0.05, 0) is 30.3 Å². The Hall–Kier alpha value is -3.88. The summed E-state index contributed by atoms with van der Waals surface area (Å²) in [6.07, 6.45) is 5.46. The van der Waals surface area contributed by atoms with Crippen molar-refractivity contribution in [2.45, 2.75) is 13.1 Å². The van der Waals surface area contributed by atoms with Crippen molar-refractivity contribution < 1.29 is 9.53 Å². The number of pyridine rings is 1. The summed E-state index contributed by atoms with van der Waals surface area (Å²) in [4.78, 5) is 12.2. The van der Waals surface area contributed by atoms with Gasteiger partial charge < -0.3 is 15.4 Å². The van der Waals surface area contributed by atoms with E-state index in [4.69, 9.17) is 4.74 Å². The topological polar surface area (TPSA) is 98.4 Å². The van der Waals surface area contributed by atoms with Gasteiger partial charge in [0, 0.05) is 30.3 Å². The maximum absolute atomic E-state index is 12.2. The van der Waals surface area contributed by atoms with Crippen molar-refractivity contribution in [3.05, 3.63) is 72.9 Å². The van der Waals surface area contributed by atoms with Crippen LogP contribution in [-0.4, -0.2) is 37.0 Å². The molecule has 1 aromatic carbocycles. The maximum atomic E-state index is 12.2. The smallest absolute Gasteiger partial charge is 0.319 e. The number of rotatable bonds is 7. The number of nitrogens with zero attached hydrogens (tertiary/aromatic N) is 5. The monoisotopic (exact) mass is 377 g/mol. The highest BCUT2D eigenvalue weighted by atomic mass is 16.5. The van der Waals surface area contributed by atoms with E-state index in [1.54, 1.807) is 23.0 Å². The van der Waals surface area contributed by atoms with Crippen LogP contribution in [-0.2, 0) is 13.1 Å². The molecule has 4 rings (SSSR count). The summed E-state index contributed by atoms with van der Waals surface area (Å²) >= 11 is 0. The molecule has 0 aliphatic carbocycles. The molecule has 0 bridgehead atoms. The highest BCUT2D eigenvalue weighted by Gasteiger charge is 2.07. The SMILES string of the molecule is O=C(NCc1nnc2ccccn12)Nc1cccc(OCCn2cccn2)c1. The van der Waals surface area contributed by atoms with Gasteiger partial charge in [0.25, 0.3) is 0 Å². The Morgan fingerprint density at radius 2 is 2.04 bits per heavy atom. The fraction of sp³-hybridized carbons (Fsp3) is 0.158. The average molecular weight is 377 g/mol. The van der Waals surface area contributed by atoms with Crippen molar-refractivity contribution in [2.75, 3.05) is 11.9 Å². The van der Waals surface area contributed by atoms with Crippen molar-refractivity contribution in [3.63, 3.8) is 0 Å². The molecule has 142 valence electrons. The predicted molar refractivity (Wildman–Crippen MR) is 103 cm³/mol. The molecule has 0 fully saturated rings. The van der Waals surface area contributed by atoms with Crippen molar-refractivity contribution in [1.82, 2.24) is 29.7 Å². The summed E-state index contributed by atoms with van der Waals surface area (Å²) in [5.41, 5.74) is 1.37. The summed E-state index contributed by atoms with van der Waals surface area (Å²) in [5, 5.41) is 17.8. The molecule has 28 heavy (non-hydrogen) atoms. The predicted octanol–water partition coefficient (Wildman–Crippen LogP) is 2.33. The van der Waals surface area contributed by atoms with Gasteiger partial charge in [-0.15, -0.1) is 10.2 Å². The maximum Gasteiger partial charge on any atom is 0.319 e. The minimum absolute atomic E-state index is 0.261. The molecule has 0 aliphatic heterocycles. The third-order valence-electron chi connectivity index (χ3n) is 4.03. The standard InChI is InChI=1S/C19H19N7O2/c27-19(20-14-18-24-23-17-7-1-2-10-26(17)18)22-15-5-3-6-16(13-15)28-12-11-25-9-4-8-21-25/h1-10,13H,11-12,14H2,(H2,20,22,27). The lowest BCUT2D eigenvalue weighted by molar-refractivity contribution is 0.251. The number of amides is 2. The fourth-order valence-electron chi connectivity index (χ4n) is 2.70. The zero-order chi connectivity index (χ0) is 19.2. The average Bonchev–Trinajstić information content (AvgIpc) is 3.37. The van der Waals surface area contributed by atoms with E-state index < -0.39 is 0 Å². The molecule has 0 saturated heterocycles. The highest BCUT2D eigenvalue weighted by Crippen LogP contribution is 2.17. The summed E-state index contributed by atoms with van der Waals surface area (Å²) in [7, 11) is 0. The van der Waals surface area contributed by atoms with Gasteiger partial charge in [0.15, 0.2) is 11.5 Å². The lowest BCUT2D eigenvalue weighted by atomic mass is 10.3. The largest absolute Gasteiger partial charge is 0.492 e. The van der Waals surface area contributed by atoms with Crippen molar-refractivity contribution in [3.8, 4) is 5.75 Å². The van der Waals surface area contributed by atoms with E-state index in [9.17, 15) is 4.79 Å². The summed E-state index contributed by atoms with van der Waals surface area (Å²) in [6.45, 7) is 1.39.